The van der Waals surface area contributed by atoms with Gasteiger partial charge in [-0.05, 0) is 73.5 Å². The molecule has 0 aromatic rings. The van der Waals surface area contributed by atoms with Gasteiger partial charge in [0.15, 0.2) is 0 Å². The van der Waals surface area contributed by atoms with Crippen molar-refractivity contribution in [1.82, 2.24) is 4.90 Å². The molecule has 1 aliphatic heterocycles. The van der Waals surface area contributed by atoms with E-state index in [-0.39, 0.29) is 22.7 Å². The van der Waals surface area contributed by atoms with Crippen molar-refractivity contribution >= 4 is 11.9 Å². The standard InChI is InChI=1S/C21H33NO3/c1-20-11-9-15-13(14(20)6-7-16(20)19(24)25-4)5-8-17-21(15,2)12-10-18(23)22(17)3/h13-17H,5-12H2,1-4H3/t13-,14-,15-,16+,17+,20-,21+/m0/s1/i19+2. The second-order valence-electron chi connectivity index (χ2n) is 9.68. The number of likely N-dealkylation sites (tertiary alicyclic amines) is 1. The largest absolute Gasteiger partial charge is 0.469 e. The highest BCUT2D eigenvalue weighted by Gasteiger charge is 2.62. The number of fused-ring (bicyclic) bond motifs is 5. The van der Waals surface area contributed by atoms with E-state index in [0.717, 1.165) is 31.6 Å². The van der Waals surface area contributed by atoms with E-state index in [0.29, 0.717) is 30.2 Å². The Morgan fingerprint density at radius 3 is 2.48 bits per heavy atom. The summed E-state index contributed by atoms with van der Waals surface area (Å²) in [6.45, 7) is 4.81. The number of ether oxygens (including phenoxy) is 1. The third kappa shape index (κ3) is 2.24. The van der Waals surface area contributed by atoms with Gasteiger partial charge in [0.2, 0.25) is 5.91 Å². The van der Waals surface area contributed by atoms with E-state index in [1.807, 2.05) is 7.05 Å². The zero-order valence-electron chi connectivity index (χ0n) is 16.2. The average Bonchev–Trinajstić information content (AvgIpc) is 2.95. The molecule has 25 heavy (non-hydrogen) atoms. The molecule has 0 aromatic carbocycles. The molecule has 7 atom stereocenters. The summed E-state index contributed by atoms with van der Waals surface area (Å²) in [5, 5.41) is 0. The van der Waals surface area contributed by atoms with Crippen LogP contribution in [0.1, 0.15) is 65.2 Å². The zero-order chi connectivity index (χ0) is 18.0. The number of nitrogens with zero attached hydrogens (tertiary/aromatic N) is 1. The third-order valence-corrected chi connectivity index (χ3v) is 9.04. The fourth-order valence-electron chi connectivity index (χ4n) is 7.68. The van der Waals surface area contributed by atoms with E-state index in [4.69, 9.17) is 4.74 Å². The first-order valence-corrected chi connectivity index (χ1v) is 10.2. The number of rotatable bonds is 1. The summed E-state index contributed by atoms with van der Waals surface area (Å²) in [5.74, 6) is 2.49. The summed E-state index contributed by atoms with van der Waals surface area (Å²) in [6, 6.07) is 0.414. The minimum atomic E-state index is 0.00587. The van der Waals surface area contributed by atoms with Crippen LogP contribution in [-0.2, 0) is 14.3 Å². The van der Waals surface area contributed by atoms with Crippen LogP contribution in [0.3, 0.4) is 0 Å². The maximum Gasteiger partial charge on any atom is 0.309 e. The minimum Gasteiger partial charge on any atom is -0.469 e. The molecule has 0 N–H and O–H groups in total. The van der Waals surface area contributed by atoms with Gasteiger partial charge in [0.1, 0.15) is 0 Å². The van der Waals surface area contributed by atoms with Crippen LogP contribution >= 0.6 is 0 Å². The molecule has 0 bridgehead atoms. The van der Waals surface area contributed by atoms with Crippen LogP contribution in [0.25, 0.3) is 0 Å². The Morgan fingerprint density at radius 2 is 1.76 bits per heavy atom. The lowest BCUT2D eigenvalue weighted by atomic mass is 9.47. The van der Waals surface area contributed by atoms with Crippen molar-refractivity contribution in [2.45, 2.75) is 71.3 Å². The molecule has 1 amide bonds. The van der Waals surface area contributed by atoms with Crippen molar-refractivity contribution in [3.63, 3.8) is 0 Å². The first kappa shape index (κ1) is 17.4. The van der Waals surface area contributed by atoms with Crippen molar-refractivity contribution in [3.8, 4) is 0 Å². The molecule has 0 radical (unpaired) electrons. The van der Waals surface area contributed by atoms with Gasteiger partial charge >= 0.3 is 5.97 Å². The molecule has 0 spiro atoms. The van der Waals surface area contributed by atoms with Crippen LogP contribution in [0.4, 0.5) is 0 Å². The SMILES string of the molecule is CO[14C](=O)[C@H]1CC[C@H]2[C@@H]3CC[C@H]4N(C)C(=O)CC[C@]4(C)[C@H]3CC[C@]12C. The Balaban J connectivity index is 1.62. The van der Waals surface area contributed by atoms with E-state index in [1.165, 1.54) is 26.4 Å². The topological polar surface area (TPSA) is 46.6 Å². The average molecular weight is 349 g/mol. The number of methoxy groups -OCH3 is 1. The number of carbonyl (C=O) groups excluding carboxylic acids is 2. The number of carbonyl (C=O) groups is 2. The van der Waals surface area contributed by atoms with Gasteiger partial charge in [0.05, 0.1) is 13.0 Å². The molecule has 4 heteroatoms. The Bertz CT molecular complexity index is 590. The normalized spacial score (nSPS) is 49.2. The highest BCUT2D eigenvalue weighted by molar-refractivity contribution is 5.77. The van der Waals surface area contributed by atoms with Gasteiger partial charge < -0.3 is 9.64 Å². The number of hydrogen-bond acceptors (Lipinski definition) is 3. The predicted octanol–water partition coefficient (Wildman–Crippen LogP) is 3.64. The molecule has 140 valence electrons. The molecule has 4 nitrogen and oxygen atoms in total. The Hall–Kier alpha value is -1.06. The first-order valence-electron chi connectivity index (χ1n) is 10.2. The maximum absolute atomic E-state index is 12.3. The van der Waals surface area contributed by atoms with Crippen molar-refractivity contribution in [1.29, 1.82) is 0 Å². The molecule has 1 heterocycles. The molecular formula is C21H33NO3. The Kier molecular flexibility index (Phi) is 3.97. The van der Waals surface area contributed by atoms with Gasteiger partial charge in [-0.15, -0.1) is 0 Å². The van der Waals surface area contributed by atoms with E-state index >= 15 is 0 Å². The van der Waals surface area contributed by atoms with E-state index < -0.39 is 0 Å². The lowest BCUT2D eigenvalue weighted by molar-refractivity contribution is -0.164. The number of amides is 1. The predicted molar refractivity (Wildman–Crippen MR) is 95.7 cm³/mol. The molecular weight excluding hydrogens is 316 g/mol. The summed E-state index contributed by atoms with van der Waals surface area (Å²) < 4.78 is 5.13. The molecule has 3 saturated carbocycles. The van der Waals surface area contributed by atoms with Crippen LogP contribution in [0, 0.1) is 34.5 Å². The first-order chi connectivity index (χ1) is 11.8. The van der Waals surface area contributed by atoms with Gasteiger partial charge in [-0.3, -0.25) is 9.59 Å². The summed E-state index contributed by atoms with van der Waals surface area (Å²) in [6.07, 6.45) is 8.62. The quantitative estimate of drug-likeness (QED) is 0.679. The minimum absolute atomic E-state index is 0.00587. The lowest BCUT2D eigenvalue weighted by Gasteiger charge is -2.61. The summed E-state index contributed by atoms with van der Waals surface area (Å²) in [7, 11) is 3.55. The van der Waals surface area contributed by atoms with Gasteiger partial charge in [0.25, 0.3) is 0 Å². The van der Waals surface area contributed by atoms with E-state index in [9.17, 15) is 9.59 Å². The number of hydrogen-bond donors (Lipinski definition) is 0. The van der Waals surface area contributed by atoms with Gasteiger partial charge in [-0.1, -0.05) is 13.8 Å². The number of esters is 1. The van der Waals surface area contributed by atoms with E-state index in [2.05, 4.69) is 18.7 Å². The molecule has 4 rings (SSSR count). The second-order valence-corrected chi connectivity index (χ2v) is 9.68. The van der Waals surface area contributed by atoms with Crippen LogP contribution in [-0.4, -0.2) is 37.0 Å². The Morgan fingerprint density at radius 1 is 1.04 bits per heavy atom. The maximum atomic E-state index is 12.3. The van der Waals surface area contributed by atoms with Crippen molar-refractivity contribution in [3.05, 3.63) is 0 Å². The molecule has 3 aliphatic carbocycles. The van der Waals surface area contributed by atoms with Gasteiger partial charge in [0, 0.05) is 19.5 Å². The smallest absolute Gasteiger partial charge is 0.309 e. The summed E-state index contributed by atoms with van der Waals surface area (Å²) >= 11 is 0. The monoisotopic (exact) mass is 349 g/mol. The highest BCUT2D eigenvalue weighted by atomic mass is 16.8. The number of piperidine rings is 1. The van der Waals surface area contributed by atoms with Gasteiger partial charge in [-0.2, -0.15) is 0 Å². The summed E-state index contributed by atoms with van der Waals surface area (Å²) in [4.78, 5) is 26.6. The fraction of sp³-hybridized carbons (Fsp3) is 0.905. The second kappa shape index (κ2) is 5.72. The van der Waals surface area contributed by atoms with Crippen molar-refractivity contribution in [2.75, 3.05) is 14.2 Å². The van der Waals surface area contributed by atoms with Crippen molar-refractivity contribution in [2.24, 2.45) is 34.5 Å². The molecule has 0 aromatic heterocycles. The summed E-state index contributed by atoms with van der Waals surface area (Å²) in [5.41, 5.74) is 0.379. The van der Waals surface area contributed by atoms with Crippen LogP contribution < -0.4 is 0 Å². The molecule has 1 saturated heterocycles. The van der Waals surface area contributed by atoms with Crippen LogP contribution in [0.15, 0.2) is 0 Å². The highest BCUT2D eigenvalue weighted by Crippen LogP contribution is 2.66. The zero-order valence-corrected chi connectivity index (χ0v) is 16.2. The molecule has 0 unspecified atom stereocenters. The lowest BCUT2D eigenvalue weighted by Crippen LogP contribution is -2.61. The fourth-order valence-corrected chi connectivity index (χ4v) is 7.68. The van der Waals surface area contributed by atoms with Crippen LogP contribution in [0.2, 0.25) is 0 Å². The van der Waals surface area contributed by atoms with Crippen LogP contribution in [0.5, 0.6) is 0 Å². The van der Waals surface area contributed by atoms with Gasteiger partial charge in [-0.25, -0.2) is 0 Å². The van der Waals surface area contributed by atoms with Crippen molar-refractivity contribution < 1.29 is 14.3 Å². The third-order valence-electron chi connectivity index (χ3n) is 9.04. The molecule has 4 aliphatic rings. The van der Waals surface area contributed by atoms with E-state index in [1.54, 1.807) is 0 Å². The molecule has 4 fully saturated rings. The Labute approximate surface area is 151 Å².